The van der Waals surface area contributed by atoms with Gasteiger partial charge >= 0.3 is 0 Å². The molecule has 27 heavy (non-hydrogen) atoms. The van der Waals surface area contributed by atoms with Crippen LogP contribution in [0.5, 0.6) is 5.75 Å². The van der Waals surface area contributed by atoms with Crippen LogP contribution < -0.4 is 15.0 Å². The third-order valence-electron chi connectivity index (χ3n) is 4.67. The number of anilines is 2. The maximum atomic E-state index is 12.7. The summed E-state index contributed by atoms with van der Waals surface area (Å²) < 4.78 is 5.64. The van der Waals surface area contributed by atoms with E-state index in [0.29, 0.717) is 6.54 Å². The number of nitrogens with one attached hydrogen (secondary N) is 1. The first-order chi connectivity index (χ1) is 12.8. The number of nitrogens with zero attached hydrogens (tertiary/aromatic N) is 1. The summed E-state index contributed by atoms with van der Waals surface area (Å²) >= 11 is 0. The molecule has 1 unspecified atom stereocenters. The van der Waals surface area contributed by atoms with E-state index in [1.54, 1.807) is 4.90 Å². The molecule has 3 rings (SSSR count). The number of benzene rings is 2. The summed E-state index contributed by atoms with van der Waals surface area (Å²) in [6, 6.07) is 13.4. The Kier molecular flexibility index (Phi) is 5.49. The lowest BCUT2D eigenvalue weighted by Crippen LogP contribution is -2.28. The van der Waals surface area contributed by atoms with Gasteiger partial charge in [-0.05, 0) is 69.2 Å². The summed E-state index contributed by atoms with van der Waals surface area (Å²) in [5, 5.41) is 2.98. The van der Waals surface area contributed by atoms with Gasteiger partial charge in [-0.1, -0.05) is 12.1 Å². The highest BCUT2D eigenvalue weighted by molar-refractivity contribution is 6.03. The van der Waals surface area contributed by atoms with Crippen LogP contribution in [0.3, 0.4) is 0 Å². The van der Waals surface area contributed by atoms with Crippen LogP contribution in [0.1, 0.15) is 31.4 Å². The van der Waals surface area contributed by atoms with Crippen LogP contribution in [0.2, 0.25) is 0 Å². The van der Waals surface area contributed by atoms with E-state index in [1.165, 1.54) is 0 Å². The van der Waals surface area contributed by atoms with Crippen LogP contribution in [0, 0.1) is 19.8 Å². The molecule has 1 heterocycles. The van der Waals surface area contributed by atoms with Crippen molar-refractivity contribution >= 4 is 23.2 Å². The lowest BCUT2D eigenvalue weighted by atomic mass is 10.1. The molecule has 1 saturated heterocycles. The number of rotatable bonds is 5. The van der Waals surface area contributed by atoms with Gasteiger partial charge in [-0.2, -0.15) is 0 Å². The molecule has 0 bridgehead atoms. The summed E-state index contributed by atoms with van der Waals surface area (Å²) in [6.07, 6.45) is 0.323. The molecule has 1 atom stereocenters. The van der Waals surface area contributed by atoms with Gasteiger partial charge in [-0.3, -0.25) is 9.59 Å². The maximum absolute atomic E-state index is 12.7. The van der Waals surface area contributed by atoms with Gasteiger partial charge in [-0.15, -0.1) is 0 Å². The first-order valence-electron chi connectivity index (χ1n) is 9.28. The third kappa shape index (κ3) is 4.48. The highest BCUT2D eigenvalue weighted by Crippen LogP contribution is 2.28. The van der Waals surface area contributed by atoms with Crippen molar-refractivity contribution in [1.82, 2.24) is 0 Å². The maximum Gasteiger partial charge on any atom is 0.229 e. The van der Waals surface area contributed by atoms with E-state index in [2.05, 4.69) is 5.32 Å². The summed E-state index contributed by atoms with van der Waals surface area (Å²) in [7, 11) is 0. The average Bonchev–Trinajstić information content (AvgIpc) is 3.00. The SMILES string of the molecule is Cc1ccc(C)c(NC(=O)C2CC(=O)N(c3ccc(OC(C)C)cc3)C2)c1. The Hall–Kier alpha value is -2.82. The number of hydrogen-bond acceptors (Lipinski definition) is 3. The van der Waals surface area contributed by atoms with E-state index in [-0.39, 0.29) is 30.3 Å². The second-order valence-electron chi connectivity index (χ2n) is 7.37. The number of aryl methyl sites for hydroxylation is 2. The molecule has 2 aromatic carbocycles. The van der Waals surface area contributed by atoms with Crippen LogP contribution >= 0.6 is 0 Å². The van der Waals surface area contributed by atoms with Gasteiger partial charge in [0.15, 0.2) is 0 Å². The Bertz CT molecular complexity index is 843. The molecule has 5 heteroatoms. The second kappa shape index (κ2) is 7.82. The fraction of sp³-hybridized carbons (Fsp3) is 0.364. The largest absolute Gasteiger partial charge is 0.491 e. The number of hydrogen-bond donors (Lipinski definition) is 1. The van der Waals surface area contributed by atoms with Crippen molar-refractivity contribution in [2.24, 2.45) is 5.92 Å². The molecule has 0 radical (unpaired) electrons. The highest BCUT2D eigenvalue weighted by Gasteiger charge is 2.35. The lowest BCUT2D eigenvalue weighted by Gasteiger charge is -2.18. The Labute approximate surface area is 160 Å². The van der Waals surface area contributed by atoms with Gasteiger partial charge < -0.3 is 15.0 Å². The molecular weight excluding hydrogens is 340 g/mol. The summed E-state index contributed by atoms with van der Waals surface area (Å²) in [4.78, 5) is 26.8. The topological polar surface area (TPSA) is 58.6 Å². The van der Waals surface area contributed by atoms with Crippen LogP contribution in [0.15, 0.2) is 42.5 Å². The molecule has 0 aromatic heterocycles. The van der Waals surface area contributed by atoms with Gasteiger partial charge in [0.25, 0.3) is 0 Å². The van der Waals surface area contributed by atoms with Gasteiger partial charge in [0.1, 0.15) is 5.75 Å². The van der Waals surface area contributed by atoms with Crippen molar-refractivity contribution < 1.29 is 14.3 Å². The Morgan fingerprint density at radius 2 is 1.85 bits per heavy atom. The number of ether oxygens (including phenoxy) is 1. The minimum absolute atomic E-state index is 0.0337. The van der Waals surface area contributed by atoms with E-state index < -0.39 is 0 Å². The number of carbonyl (C=O) groups excluding carboxylic acids is 2. The van der Waals surface area contributed by atoms with E-state index in [4.69, 9.17) is 4.74 Å². The second-order valence-corrected chi connectivity index (χ2v) is 7.37. The molecule has 1 N–H and O–H groups in total. The van der Waals surface area contributed by atoms with Crippen molar-refractivity contribution in [2.75, 3.05) is 16.8 Å². The van der Waals surface area contributed by atoms with Crippen molar-refractivity contribution in [3.8, 4) is 5.75 Å². The molecule has 2 amide bonds. The van der Waals surface area contributed by atoms with E-state index in [0.717, 1.165) is 28.3 Å². The first-order valence-corrected chi connectivity index (χ1v) is 9.28. The van der Waals surface area contributed by atoms with Crippen molar-refractivity contribution in [2.45, 2.75) is 40.2 Å². The van der Waals surface area contributed by atoms with Crippen LogP contribution in [-0.4, -0.2) is 24.5 Å². The van der Waals surface area contributed by atoms with Gasteiger partial charge in [0, 0.05) is 24.3 Å². The molecule has 142 valence electrons. The fourth-order valence-electron chi connectivity index (χ4n) is 3.21. The number of amides is 2. The molecule has 1 fully saturated rings. The minimum atomic E-state index is -0.357. The number of carbonyl (C=O) groups is 2. The highest BCUT2D eigenvalue weighted by atomic mass is 16.5. The zero-order valence-electron chi connectivity index (χ0n) is 16.3. The van der Waals surface area contributed by atoms with E-state index in [9.17, 15) is 9.59 Å². The summed E-state index contributed by atoms with van der Waals surface area (Å²) in [5.41, 5.74) is 3.69. The first kappa shape index (κ1) is 19.0. The predicted octanol–water partition coefficient (Wildman–Crippen LogP) is 4.08. The minimum Gasteiger partial charge on any atom is -0.491 e. The third-order valence-corrected chi connectivity index (χ3v) is 4.67. The van der Waals surface area contributed by atoms with Gasteiger partial charge in [0.05, 0.1) is 12.0 Å². The quantitative estimate of drug-likeness (QED) is 0.867. The molecule has 0 saturated carbocycles. The van der Waals surface area contributed by atoms with Crippen molar-refractivity contribution in [1.29, 1.82) is 0 Å². The normalized spacial score (nSPS) is 16.7. The smallest absolute Gasteiger partial charge is 0.229 e. The zero-order valence-corrected chi connectivity index (χ0v) is 16.3. The van der Waals surface area contributed by atoms with E-state index >= 15 is 0 Å². The fourth-order valence-corrected chi connectivity index (χ4v) is 3.21. The molecule has 1 aliphatic heterocycles. The molecule has 1 aliphatic rings. The Morgan fingerprint density at radius 3 is 2.52 bits per heavy atom. The zero-order chi connectivity index (χ0) is 19.6. The molecular formula is C22H26N2O3. The van der Waals surface area contributed by atoms with Crippen LogP contribution in [0.25, 0.3) is 0 Å². The summed E-state index contributed by atoms with van der Waals surface area (Å²) in [6.45, 7) is 8.28. The molecule has 5 nitrogen and oxygen atoms in total. The van der Waals surface area contributed by atoms with Gasteiger partial charge in [0.2, 0.25) is 11.8 Å². The monoisotopic (exact) mass is 366 g/mol. The van der Waals surface area contributed by atoms with Crippen molar-refractivity contribution in [3.63, 3.8) is 0 Å². The van der Waals surface area contributed by atoms with Crippen molar-refractivity contribution in [3.05, 3.63) is 53.6 Å². The Morgan fingerprint density at radius 1 is 1.15 bits per heavy atom. The summed E-state index contributed by atoms with van der Waals surface area (Å²) in [5.74, 6) is 0.265. The van der Waals surface area contributed by atoms with Gasteiger partial charge in [-0.25, -0.2) is 0 Å². The molecule has 0 aliphatic carbocycles. The Balaban J connectivity index is 1.67. The van der Waals surface area contributed by atoms with Crippen LogP contribution in [-0.2, 0) is 9.59 Å². The standard InChI is InChI=1S/C22H26N2O3/c1-14(2)27-19-9-7-18(8-10-19)24-13-17(12-21(24)25)22(26)23-20-11-15(3)5-6-16(20)4/h5-11,14,17H,12-13H2,1-4H3,(H,23,26). The van der Waals surface area contributed by atoms with Crippen LogP contribution in [0.4, 0.5) is 11.4 Å². The molecule has 2 aromatic rings. The average molecular weight is 366 g/mol. The lowest BCUT2D eigenvalue weighted by molar-refractivity contribution is -0.122. The molecule has 0 spiro atoms. The predicted molar refractivity (Wildman–Crippen MR) is 107 cm³/mol. The van der Waals surface area contributed by atoms with E-state index in [1.807, 2.05) is 70.2 Å².